The molecule has 0 saturated heterocycles. The lowest BCUT2D eigenvalue weighted by molar-refractivity contribution is 0.0698. The molecule has 5 rings (SSSR count). The molecule has 0 aliphatic rings. The third-order valence-electron chi connectivity index (χ3n) is 6.57. The number of rotatable bonds is 10. The first-order chi connectivity index (χ1) is 19.9. The van der Waals surface area contributed by atoms with Crippen LogP contribution < -0.4 is 0 Å². The number of nitrogens with zero attached hydrogens (tertiary/aromatic N) is 5. The molecule has 0 saturated carbocycles. The Morgan fingerprint density at radius 2 is 2.05 bits per heavy atom. The second-order valence-electron chi connectivity index (χ2n) is 9.16. The lowest BCUT2D eigenvalue weighted by Gasteiger charge is -2.16. The molecule has 2 N–H and O–H groups in total. The molecule has 1 unspecified atom stereocenters. The van der Waals surface area contributed by atoms with E-state index in [4.69, 9.17) is 16.6 Å². The Hall–Kier alpha value is -4.67. The van der Waals surface area contributed by atoms with E-state index in [1.54, 1.807) is 23.0 Å². The van der Waals surface area contributed by atoms with Gasteiger partial charge in [0.2, 0.25) is 0 Å². The van der Waals surface area contributed by atoms with E-state index in [-0.39, 0.29) is 16.4 Å². The van der Waals surface area contributed by atoms with Crippen molar-refractivity contribution in [3.05, 3.63) is 129 Å². The minimum absolute atomic E-state index is 0.153. The number of allylic oxidation sites excluding steroid dienone is 5. The first-order valence-corrected chi connectivity index (χ1v) is 13.8. The van der Waals surface area contributed by atoms with Crippen LogP contribution in [0.3, 0.4) is 0 Å². The molecule has 0 amide bonds. The lowest BCUT2D eigenvalue weighted by Crippen LogP contribution is -2.07. The minimum atomic E-state index is -1.30. The largest absolute Gasteiger partial charge is 0.477 e. The van der Waals surface area contributed by atoms with E-state index in [2.05, 4.69) is 27.1 Å². The number of carboxylic acids is 1. The van der Waals surface area contributed by atoms with Crippen LogP contribution >= 0.6 is 22.9 Å². The second-order valence-corrected chi connectivity index (χ2v) is 10.5. The van der Waals surface area contributed by atoms with Crippen molar-refractivity contribution in [1.82, 2.24) is 30.2 Å². The van der Waals surface area contributed by atoms with Gasteiger partial charge < -0.3 is 10.1 Å². The van der Waals surface area contributed by atoms with Gasteiger partial charge in [0.25, 0.3) is 0 Å². The average molecular weight is 587 g/mol. The standard InChI is InChI=1S/C30H24ClFN6O2S/c1-3-20(23-14-21(31)11-12-26(23)38-17-34-36-37-38)10-9-18(2)22(13-19-7-5-4-6-8-19)29-33-15-25(35-29)24-16-41-28(27(24)32)30(39)40/h3-12,14-17,22H,1,13H2,2H3,(H,33,35)(H,39,40)/b18-9+,20-10+. The lowest BCUT2D eigenvalue weighted by atomic mass is 9.91. The SMILES string of the molecule is C=C/C(=C\C=C(/C)C(Cc1ccccc1)c1nc(-c2csc(C(=O)O)c2F)c[nH]1)c1cc(Cl)ccc1-n1cnnn1. The van der Waals surface area contributed by atoms with Gasteiger partial charge in [0.15, 0.2) is 5.82 Å². The molecular weight excluding hydrogens is 563 g/mol. The Kier molecular flexibility index (Phi) is 8.32. The van der Waals surface area contributed by atoms with Crippen molar-refractivity contribution >= 4 is 34.5 Å². The van der Waals surface area contributed by atoms with Gasteiger partial charge in [0.05, 0.1) is 11.4 Å². The molecule has 0 bridgehead atoms. The van der Waals surface area contributed by atoms with Gasteiger partial charge >= 0.3 is 5.97 Å². The van der Waals surface area contributed by atoms with Crippen molar-refractivity contribution in [2.24, 2.45) is 0 Å². The Morgan fingerprint density at radius 3 is 2.73 bits per heavy atom. The molecule has 41 heavy (non-hydrogen) atoms. The van der Waals surface area contributed by atoms with Crippen LogP contribution in [0.25, 0.3) is 22.5 Å². The van der Waals surface area contributed by atoms with Gasteiger partial charge in [0, 0.05) is 33.6 Å². The van der Waals surface area contributed by atoms with Gasteiger partial charge in [-0.25, -0.2) is 14.2 Å². The van der Waals surface area contributed by atoms with Gasteiger partial charge in [-0.1, -0.05) is 72.3 Å². The Labute approximate surface area is 244 Å². The third kappa shape index (κ3) is 6.08. The van der Waals surface area contributed by atoms with Crippen LogP contribution in [0.4, 0.5) is 4.39 Å². The normalized spacial score (nSPS) is 12.9. The number of carbonyl (C=O) groups is 1. The Morgan fingerprint density at radius 1 is 1.24 bits per heavy atom. The highest BCUT2D eigenvalue weighted by atomic mass is 35.5. The highest BCUT2D eigenvalue weighted by Gasteiger charge is 2.23. The summed E-state index contributed by atoms with van der Waals surface area (Å²) >= 11 is 7.17. The predicted octanol–water partition coefficient (Wildman–Crippen LogP) is 7.15. The second kappa shape index (κ2) is 12.2. The topological polar surface area (TPSA) is 110 Å². The number of aromatic nitrogens is 6. The van der Waals surface area contributed by atoms with Crippen LogP contribution in [0.2, 0.25) is 5.02 Å². The molecule has 2 aromatic carbocycles. The molecular formula is C30H24ClFN6O2S. The van der Waals surface area contributed by atoms with E-state index < -0.39 is 11.8 Å². The van der Waals surface area contributed by atoms with Gasteiger partial charge in [-0.2, -0.15) is 4.68 Å². The average Bonchev–Trinajstić information content (AvgIpc) is 3.74. The van der Waals surface area contributed by atoms with Crippen molar-refractivity contribution in [2.45, 2.75) is 19.3 Å². The predicted molar refractivity (Wildman–Crippen MR) is 158 cm³/mol. The van der Waals surface area contributed by atoms with Gasteiger partial charge in [-0.15, -0.1) is 16.4 Å². The van der Waals surface area contributed by atoms with Crippen LogP contribution in [0.1, 0.15) is 39.5 Å². The van der Waals surface area contributed by atoms with E-state index in [1.165, 1.54) is 11.7 Å². The smallest absolute Gasteiger partial charge is 0.348 e. The van der Waals surface area contributed by atoms with Crippen molar-refractivity contribution in [1.29, 1.82) is 0 Å². The monoisotopic (exact) mass is 586 g/mol. The van der Waals surface area contributed by atoms with Crippen LogP contribution in [-0.4, -0.2) is 41.3 Å². The molecule has 11 heteroatoms. The number of aromatic carboxylic acids is 1. The van der Waals surface area contributed by atoms with Crippen molar-refractivity contribution < 1.29 is 14.3 Å². The molecule has 0 fully saturated rings. The number of aromatic amines is 1. The fraction of sp³-hybridized carbons (Fsp3) is 0.100. The van der Waals surface area contributed by atoms with E-state index in [0.717, 1.165) is 39.3 Å². The highest BCUT2D eigenvalue weighted by molar-refractivity contribution is 7.12. The van der Waals surface area contributed by atoms with Crippen molar-refractivity contribution in [2.75, 3.05) is 0 Å². The van der Waals surface area contributed by atoms with Gasteiger partial charge in [-0.05, 0) is 53.1 Å². The summed E-state index contributed by atoms with van der Waals surface area (Å²) < 4.78 is 16.3. The first kappa shape index (κ1) is 27.9. The Bertz CT molecular complexity index is 1760. The number of halogens is 2. The summed E-state index contributed by atoms with van der Waals surface area (Å²) in [7, 11) is 0. The zero-order valence-electron chi connectivity index (χ0n) is 21.8. The number of H-pyrrole nitrogens is 1. The maximum atomic E-state index is 14.8. The van der Waals surface area contributed by atoms with E-state index in [9.17, 15) is 14.3 Å². The van der Waals surface area contributed by atoms with E-state index >= 15 is 0 Å². The maximum Gasteiger partial charge on any atom is 0.348 e. The fourth-order valence-corrected chi connectivity index (χ4v) is 5.40. The Balaban J connectivity index is 1.53. The van der Waals surface area contributed by atoms with Gasteiger partial charge in [0.1, 0.15) is 17.0 Å². The molecule has 5 aromatic rings. The van der Waals surface area contributed by atoms with Gasteiger partial charge in [-0.3, -0.25) is 0 Å². The van der Waals surface area contributed by atoms with E-state index in [1.807, 2.05) is 61.5 Å². The molecule has 0 aliphatic carbocycles. The molecule has 3 heterocycles. The summed E-state index contributed by atoms with van der Waals surface area (Å²) in [6, 6.07) is 15.4. The summed E-state index contributed by atoms with van der Waals surface area (Å²) in [5.74, 6) is -1.65. The molecule has 8 nitrogen and oxygen atoms in total. The minimum Gasteiger partial charge on any atom is -0.477 e. The number of hydrogen-bond acceptors (Lipinski definition) is 6. The van der Waals surface area contributed by atoms with Crippen LogP contribution in [-0.2, 0) is 6.42 Å². The van der Waals surface area contributed by atoms with Crippen molar-refractivity contribution in [3.8, 4) is 16.9 Å². The van der Waals surface area contributed by atoms with Crippen LogP contribution in [0, 0.1) is 5.82 Å². The molecule has 0 spiro atoms. The maximum absolute atomic E-state index is 14.8. The highest BCUT2D eigenvalue weighted by Crippen LogP contribution is 2.33. The number of imidazole rings is 1. The summed E-state index contributed by atoms with van der Waals surface area (Å²) in [5, 5.41) is 22.8. The first-order valence-electron chi connectivity index (χ1n) is 12.5. The summed E-state index contributed by atoms with van der Waals surface area (Å²) in [4.78, 5) is 18.9. The molecule has 0 radical (unpaired) electrons. The molecule has 206 valence electrons. The fourth-order valence-electron chi connectivity index (χ4n) is 4.45. The zero-order chi connectivity index (χ0) is 28.9. The number of tetrazole rings is 1. The molecule has 0 aliphatic heterocycles. The van der Waals surface area contributed by atoms with E-state index in [0.29, 0.717) is 23.0 Å². The molecule has 3 aromatic heterocycles. The number of carboxylic acid groups (broad SMARTS) is 1. The zero-order valence-corrected chi connectivity index (χ0v) is 23.4. The van der Waals surface area contributed by atoms with Crippen LogP contribution in [0.15, 0.2) is 96.8 Å². The summed E-state index contributed by atoms with van der Waals surface area (Å²) in [5.41, 5.74) is 4.92. The molecule has 1 atom stereocenters. The summed E-state index contributed by atoms with van der Waals surface area (Å²) in [6.07, 6.45) is 9.42. The number of thiophene rings is 1. The summed E-state index contributed by atoms with van der Waals surface area (Å²) in [6.45, 7) is 6.00. The van der Waals surface area contributed by atoms with Crippen molar-refractivity contribution in [3.63, 3.8) is 0 Å². The van der Waals surface area contributed by atoms with Crippen LogP contribution in [0.5, 0.6) is 0 Å². The quantitative estimate of drug-likeness (QED) is 0.168. The number of nitrogens with one attached hydrogen (secondary N) is 1. The number of benzene rings is 2. The number of hydrogen-bond donors (Lipinski definition) is 2. The third-order valence-corrected chi connectivity index (χ3v) is 7.75.